The molecular weight excluding hydrogens is 202 g/mol. The molecule has 88 valence electrons. The van der Waals surface area contributed by atoms with Gasteiger partial charge in [0.15, 0.2) is 5.78 Å². The minimum Gasteiger partial charge on any atom is -0.359 e. The van der Waals surface area contributed by atoms with Crippen LogP contribution in [0.4, 0.5) is 0 Å². The molecule has 4 nitrogen and oxygen atoms in total. The van der Waals surface area contributed by atoms with E-state index in [-0.39, 0.29) is 11.8 Å². The summed E-state index contributed by atoms with van der Waals surface area (Å²) < 4.78 is 0. The van der Waals surface area contributed by atoms with Gasteiger partial charge in [-0.1, -0.05) is 12.8 Å². The molecule has 1 aromatic heterocycles. The molecule has 0 unspecified atom stereocenters. The van der Waals surface area contributed by atoms with Crippen LogP contribution in [0.1, 0.15) is 36.2 Å². The van der Waals surface area contributed by atoms with E-state index in [1.807, 2.05) is 6.07 Å². The highest BCUT2D eigenvalue weighted by atomic mass is 16.1. The largest absolute Gasteiger partial charge is 0.359 e. The Balaban J connectivity index is 1.80. The zero-order valence-electron chi connectivity index (χ0n) is 9.41. The topological polar surface area (TPSA) is 70.9 Å². The average molecular weight is 221 g/mol. The van der Waals surface area contributed by atoms with E-state index in [9.17, 15) is 4.79 Å². The summed E-state index contributed by atoms with van der Waals surface area (Å²) in [6.07, 6.45) is 6.33. The SMILES string of the molecule is N[C@H]1CCCC[C@@H]1NCC(=O)c1ccc[nH]1. The van der Waals surface area contributed by atoms with Crippen LogP contribution < -0.4 is 11.1 Å². The third kappa shape index (κ3) is 2.71. The van der Waals surface area contributed by atoms with Crippen molar-refractivity contribution in [1.82, 2.24) is 10.3 Å². The lowest BCUT2D eigenvalue weighted by atomic mass is 9.91. The number of carbonyl (C=O) groups excluding carboxylic acids is 1. The van der Waals surface area contributed by atoms with Crippen molar-refractivity contribution in [3.05, 3.63) is 24.0 Å². The Morgan fingerprint density at radius 1 is 1.50 bits per heavy atom. The number of nitrogens with one attached hydrogen (secondary N) is 2. The van der Waals surface area contributed by atoms with Gasteiger partial charge in [-0.2, -0.15) is 0 Å². The Morgan fingerprint density at radius 2 is 2.31 bits per heavy atom. The Bertz CT molecular complexity index is 334. The first-order valence-electron chi connectivity index (χ1n) is 5.93. The van der Waals surface area contributed by atoms with Crippen LogP contribution >= 0.6 is 0 Å². The maximum absolute atomic E-state index is 11.7. The number of carbonyl (C=O) groups is 1. The van der Waals surface area contributed by atoms with E-state index >= 15 is 0 Å². The first kappa shape index (κ1) is 11.4. The van der Waals surface area contributed by atoms with E-state index in [1.54, 1.807) is 12.3 Å². The molecule has 2 rings (SSSR count). The lowest BCUT2D eigenvalue weighted by Crippen LogP contribution is -2.48. The van der Waals surface area contributed by atoms with Gasteiger partial charge in [-0.05, 0) is 25.0 Å². The molecule has 2 atom stereocenters. The van der Waals surface area contributed by atoms with E-state index in [4.69, 9.17) is 5.73 Å². The number of aromatic nitrogens is 1. The molecule has 0 amide bonds. The predicted octanol–water partition coefficient (Wildman–Crippen LogP) is 1.06. The molecule has 0 saturated heterocycles. The number of ketones is 1. The van der Waals surface area contributed by atoms with Gasteiger partial charge in [0.2, 0.25) is 0 Å². The minimum absolute atomic E-state index is 0.0998. The highest BCUT2D eigenvalue weighted by molar-refractivity contribution is 5.95. The Morgan fingerprint density at radius 3 is 3.00 bits per heavy atom. The van der Waals surface area contributed by atoms with Crippen molar-refractivity contribution in [3.8, 4) is 0 Å². The Kier molecular flexibility index (Phi) is 3.74. The number of aromatic amines is 1. The van der Waals surface area contributed by atoms with Crippen molar-refractivity contribution in [2.24, 2.45) is 5.73 Å². The number of rotatable bonds is 4. The molecule has 0 spiro atoms. The summed E-state index contributed by atoms with van der Waals surface area (Å²) in [5.74, 6) is 0.0998. The molecule has 1 aliphatic rings. The first-order chi connectivity index (χ1) is 7.77. The summed E-state index contributed by atoms with van der Waals surface area (Å²) >= 11 is 0. The van der Waals surface area contributed by atoms with Crippen molar-refractivity contribution < 1.29 is 4.79 Å². The smallest absolute Gasteiger partial charge is 0.192 e. The molecule has 1 aromatic rings. The molecule has 1 heterocycles. The van der Waals surface area contributed by atoms with Crippen LogP contribution in [-0.4, -0.2) is 29.4 Å². The summed E-state index contributed by atoms with van der Waals surface area (Å²) in [5.41, 5.74) is 6.67. The molecule has 0 radical (unpaired) electrons. The van der Waals surface area contributed by atoms with Crippen molar-refractivity contribution in [1.29, 1.82) is 0 Å². The second-order valence-corrected chi connectivity index (χ2v) is 4.44. The van der Waals surface area contributed by atoms with Crippen LogP contribution in [0.25, 0.3) is 0 Å². The standard InChI is InChI=1S/C12H19N3O/c13-9-4-1-2-5-10(9)15-8-12(16)11-6-3-7-14-11/h3,6-7,9-10,14-15H,1-2,4-5,8,13H2/t9-,10-/m0/s1. The summed E-state index contributed by atoms with van der Waals surface area (Å²) in [4.78, 5) is 14.6. The molecule has 0 bridgehead atoms. The molecule has 16 heavy (non-hydrogen) atoms. The van der Waals surface area contributed by atoms with Gasteiger partial charge in [0.05, 0.1) is 12.2 Å². The number of hydrogen-bond acceptors (Lipinski definition) is 3. The molecule has 0 aliphatic heterocycles. The fourth-order valence-corrected chi connectivity index (χ4v) is 2.24. The van der Waals surface area contributed by atoms with Crippen LogP contribution in [0.15, 0.2) is 18.3 Å². The van der Waals surface area contributed by atoms with Gasteiger partial charge in [-0.15, -0.1) is 0 Å². The van der Waals surface area contributed by atoms with Gasteiger partial charge < -0.3 is 16.0 Å². The van der Waals surface area contributed by atoms with E-state index in [1.165, 1.54) is 12.8 Å². The van der Waals surface area contributed by atoms with E-state index < -0.39 is 0 Å². The summed E-state index contributed by atoms with van der Waals surface area (Å²) in [5, 5.41) is 3.26. The quantitative estimate of drug-likeness (QED) is 0.666. The molecule has 1 fully saturated rings. The second-order valence-electron chi connectivity index (χ2n) is 4.44. The molecule has 1 aliphatic carbocycles. The number of H-pyrrole nitrogens is 1. The highest BCUT2D eigenvalue weighted by Crippen LogP contribution is 2.16. The van der Waals surface area contributed by atoms with Crippen LogP contribution in [-0.2, 0) is 0 Å². The lowest BCUT2D eigenvalue weighted by molar-refractivity contribution is 0.0979. The number of Topliss-reactive ketones (excluding diaryl/α,β-unsaturated/α-hetero) is 1. The van der Waals surface area contributed by atoms with E-state index in [2.05, 4.69) is 10.3 Å². The normalized spacial score (nSPS) is 25.6. The Hall–Kier alpha value is -1.13. The second kappa shape index (κ2) is 5.27. The zero-order valence-corrected chi connectivity index (χ0v) is 9.41. The van der Waals surface area contributed by atoms with Gasteiger partial charge >= 0.3 is 0 Å². The van der Waals surface area contributed by atoms with Crippen molar-refractivity contribution in [3.63, 3.8) is 0 Å². The monoisotopic (exact) mass is 221 g/mol. The number of hydrogen-bond donors (Lipinski definition) is 3. The van der Waals surface area contributed by atoms with Crippen molar-refractivity contribution in [2.75, 3.05) is 6.54 Å². The minimum atomic E-state index is 0.0998. The van der Waals surface area contributed by atoms with E-state index in [0.29, 0.717) is 18.3 Å². The van der Waals surface area contributed by atoms with Crippen molar-refractivity contribution in [2.45, 2.75) is 37.8 Å². The molecule has 1 saturated carbocycles. The first-order valence-corrected chi connectivity index (χ1v) is 5.93. The fourth-order valence-electron chi connectivity index (χ4n) is 2.24. The zero-order chi connectivity index (χ0) is 11.4. The molecule has 4 heteroatoms. The summed E-state index contributed by atoms with van der Waals surface area (Å²) in [6, 6.07) is 4.13. The average Bonchev–Trinajstić information content (AvgIpc) is 2.81. The fraction of sp³-hybridized carbons (Fsp3) is 0.583. The molecule has 4 N–H and O–H groups in total. The number of nitrogens with two attached hydrogens (primary N) is 1. The van der Waals surface area contributed by atoms with Crippen LogP contribution in [0.5, 0.6) is 0 Å². The predicted molar refractivity (Wildman–Crippen MR) is 63.4 cm³/mol. The van der Waals surface area contributed by atoms with Gasteiger partial charge in [-0.3, -0.25) is 4.79 Å². The Labute approximate surface area is 95.6 Å². The van der Waals surface area contributed by atoms with Crippen LogP contribution in [0, 0.1) is 0 Å². The van der Waals surface area contributed by atoms with Gasteiger partial charge in [0, 0.05) is 18.3 Å². The van der Waals surface area contributed by atoms with Gasteiger partial charge in [-0.25, -0.2) is 0 Å². The summed E-state index contributed by atoms with van der Waals surface area (Å²) in [6.45, 7) is 0.374. The third-order valence-corrected chi connectivity index (χ3v) is 3.24. The maximum Gasteiger partial charge on any atom is 0.192 e. The highest BCUT2D eigenvalue weighted by Gasteiger charge is 2.21. The molecular formula is C12H19N3O. The van der Waals surface area contributed by atoms with Gasteiger partial charge in [0.25, 0.3) is 0 Å². The summed E-state index contributed by atoms with van der Waals surface area (Å²) in [7, 11) is 0. The molecule has 0 aromatic carbocycles. The van der Waals surface area contributed by atoms with E-state index in [0.717, 1.165) is 12.8 Å². The van der Waals surface area contributed by atoms with Crippen LogP contribution in [0.2, 0.25) is 0 Å². The maximum atomic E-state index is 11.7. The van der Waals surface area contributed by atoms with Crippen molar-refractivity contribution >= 4 is 5.78 Å². The van der Waals surface area contributed by atoms with Crippen LogP contribution in [0.3, 0.4) is 0 Å². The lowest BCUT2D eigenvalue weighted by Gasteiger charge is -2.29. The third-order valence-electron chi connectivity index (χ3n) is 3.24. The van der Waals surface area contributed by atoms with Gasteiger partial charge in [0.1, 0.15) is 0 Å².